The Hall–Kier alpha value is -0.600. The van der Waals surface area contributed by atoms with Gasteiger partial charge in [-0.1, -0.05) is 11.6 Å². The SMILES string of the molecule is [2H]C([2H])([2H])c1csc2cc(Cl)ncc12. The van der Waals surface area contributed by atoms with E-state index in [0.717, 1.165) is 4.70 Å². The molecule has 11 heavy (non-hydrogen) atoms. The lowest BCUT2D eigenvalue weighted by atomic mass is 10.2. The molecule has 0 N–H and O–H groups in total. The second-order valence-electron chi connectivity index (χ2n) is 2.15. The summed E-state index contributed by atoms with van der Waals surface area (Å²) in [7, 11) is 0. The van der Waals surface area contributed by atoms with Gasteiger partial charge < -0.3 is 0 Å². The van der Waals surface area contributed by atoms with E-state index < -0.39 is 6.85 Å². The summed E-state index contributed by atoms with van der Waals surface area (Å²) in [5, 5.41) is 2.69. The Bertz CT molecular complexity index is 477. The van der Waals surface area contributed by atoms with Gasteiger partial charge in [-0.15, -0.1) is 11.3 Å². The number of rotatable bonds is 0. The topological polar surface area (TPSA) is 12.9 Å². The van der Waals surface area contributed by atoms with Crippen LogP contribution in [0.25, 0.3) is 10.1 Å². The predicted octanol–water partition coefficient (Wildman–Crippen LogP) is 3.26. The molecular weight excluding hydrogens is 178 g/mol. The van der Waals surface area contributed by atoms with E-state index in [9.17, 15) is 0 Å². The summed E-state index contributed by atoms with van der Waals surface area (Å²) in [5.41, 5.74) is 0.349. The number of aromatic nitrogens is 1. The molecular formula is C8H6ClNS. The zero-order chi connectivity index (χ0) is 10.3. The van der Waals surface area contributed by atoms with Crippen LogP contribution in [0, 0.1) is 6.85 Å². The monoisotopic (exact) mass is 186 g/mol. The van der Waals surface area contributed by atoms with Gasteiger partial charge >= 0.3 is 0 Å². The van der Waals surface area contributed by atoms with Crippen molar-refractivity contribution in [2.75, 3.05) is 0 Å². The first-order valence-electron chi connectivity index (χ1n) is 4.52. The van der Waals surface area contributed by atoms with Gasteiger partial charge in [-0.25, -0.2) is 4.98 Å². The third-order valence-corrected chi connectivity index (χ3v) is 2.58. The van der Waals surface area contributed by atoms with Gasteiger partial charge in [0.25, 0.3) is 0 Å². The first-order valence-corrected chi connectivity index (χ1v) is 4.27. The molecule has 2 rings (SSSR count). The highest BCUT2D eigenvalue weighted by atomic mass is 35.5. The van der Waals surface area contributed by atoms with Crippen molar-refractivity contribution in [3.63, 3.8) is 0 Å². The van der Waals surface area contributed by atoms with Gasteiger partial charge in [-0.05, 0) is 23.9 Å². The zero-order valence-electron chi connectivity index (χ0n) is 8.47. The number of pyridine rings is 1. The normalized spacial score (nSPS) is 15.9. The van der Waals surface area contributed by atoms with Crippen LogP contribution < -0.4 is 0 Å². The fourth-order valence-corrected chi connectivity index (χ4v) is 1.96. The zero-order valence-corrected chi connectivity index (χ0v) is 7.04. The lowest BCUT2D eigenvalue weighted by molar-refractivity contribution is 1.36. The van der Waals surface area contributed by atoms with Crippen LogP contribution in [0.4, 0.5) is 0 Å². The van der Waals surface area contributed by atoms with E-state index in [1.807, 2.05) is 0 Å². The fraction of sp³-hybridized carbons (Fsp3) is 0.125. The number of hydrogen-bond donors (Lipinski definition) is 0. The smallest absolute Gasteiger partial charge is 0.130 e. The van der Waals surface area contributed by atoms with Gasteiger partial charge in [0.1, 0.15) is 5.15 Å². The summed E-state index contributed by atoms with van der Waals surface area (Å²) in [5.74, 6) is 0. The standard InChI is InChI=1S/C8H6ClNS/c1-5-4-11-7-2-8(9)10-3-6(5)7/h2-4H,1H3/i1D3. The molecule has 56 valence electrons. The van der Waals surface area contributed by atoms with Gasteiger partial charge in [-0.2, -0.15) is 0 Å². The van der Waals surface area contributed by atoms with E-state index in [2.05, 4.69) is 4.98 Å². The van der Waals surface area contributed by atoms with Crippen molar-refractivity contribution in [2.45, 2.75) is 6.85 Å². The summed E-state index contributed by atoms with van der Waals surface area (Å²) < 4.78 is 22.8. The van der Waals surface area contributed by atoms with Crippen LogP contribution in [0.2, 0.25) is 5.15 Å². The number of aryl methyl sites for hydroxylation is 1. The number of nitrogens with zero attached hydrogens (tertiary/aromatic N) is 1. The molecule has 0 saturated heterocycles. The van der Waals surface area contributed by atoms with E-state index in [4.69, 9.17) is 15.7 Å². The van der Waals surface area contributed by atoms with Crippen molar-refractivity contribution in [1.82, 2.24) is 4.98 Å². The Morgan fingerprint density at radius 2 is 2.64 bits per heavy atom. The molecule has 0 atom stereocenters. The van der Waals surface area contributed by atoms with Crippen LogP contribution in [0.5, 0.6) is 0 Å². The highest BCUT2D eigenvalue weighted by Gasteiger charge is 1.99. The largest absolute Gasteiger partial charge is 0.244 e. The molecule has 3 heteroatoms. The van der Waals surface area contributed by atoms with Crippen LogP contribution in [0.15, 0.2) is 17.6 Å². The molecule has 0 fully saturated rings. The first kappa shape index (κ1) is 4.43. The number of hydrogen-bond acceptors (Lipinski definition) is 2. The Balaban J connectivity index is 2.70. The van der Waals surface area contributed by atoms with Crippen molar-refractivity contribution in [3.8, 4) is 0 Å². The van der Waals surface area contributed by atoms with E-state index >= 15 is 0 Å². The lowest BCUT2D eigenvalue weighted by Crippen LogP contribution is -1.73. The maximum Gasteiger partial charge on any atom is 0.130 e. The maximum absolute atomic E-state index is 7.30. The average Bonchev–Trinajstić information content (AvgIpc) is 2.45. The number of halogens is 1. The minimum atomic E-state index is -2.08. The van der Waals surface area contributed by atoms with Gasteiger partial charge in [0.15, 0.2) is 0 Å². The maximum atomic E-state index is 7.30. The molecule has 2 aromatic heterocycles. The average molecular weight is 187 g/mol. The number of thiophene rings is 1. The predicted molar refractivity (Wildman–Crippen MR) is 49.4 cm³/mol. The van der Waals surface area contributed by atoms with Crippen LogP contribution in [-0.2, 0) is 0 Å². The first-order chi connectivity index (χ1) is 6.48. The minimum absolute atomic E-state index is 0.349. The van der Waals surface area contributed by atoms with Gasteiger partial charge in [-0.3, -0.25) is 0 Å². The quantitative estimate of drug-likeness (QED) is 0.576. The van der Waals surface area contributed by atoms with Crippen molar-refractivity contribution in [1.29, 1.82) is 0 Å². The van der Waals surface area contributed by atoms with Gasteiger partial charge in [0.2, 0.25) is 0 Å². The van der Waals surface area contributed by atoms with Gasteiger partial charge in [0.05, 0.1) is 0 Å². The Morgan fingerprint density at radius 1 is 1.73 bits per heavy atom. The third-order valence-electron chi connectivity index (χ3n) is 1.43. The molecule has 2 aromatic rings. The molecule has 0 radical (unpaired) electrons. The number of fused-ring (bicyclic) bond motifs is 1. The molecule has 0 aliphatic heterocycles. The van der Waals surface area contributed by atoms with Crippen LogP contribution in [0.3, 0.4) is 0 Å². The summed E-state index contributed by atoms with van der Waals surface area (Å²) in [4.78, 5) is 3.88. The van der Waals surface area contributed by atoms with E-state index in [-0.39, 0.29) is 0 Å². The fourth-order valence-electron chi connectivity index (χ4n) is 0.899. The highest BCUT2D eigenvalue weighted by molar-refractivity contribution is 7.17. The van der Waals surface area contributed by atoms with Crippen molar-refractivity contribution in [3.05, 3.63) is 28.4 Å². The molecule has 0 saturated carbocycles. The third kappa shape index (κ3) is 1.12. The highest BCUT2D eigenvalue weighted by Crippen LogP contribution is 2.25. The molecule has 0 bridgehead atoms. The summed E-state index contributed by atoms with van der Waals surface area (Å²) in [6.45, 7) is -2.08. The molecule has 0 unspecified atom stereocenters. The van der Waals surface area contributed by atoms with Crippen molar-refractivity contribution in [2.24, 2.45) is 0 Å². The summed E-state index contributed by atoms with van der Waals surface area (Å²) in [6, 6.07) is 1.68. The van der Waals surface area contributed by atoms with Crippen molar-refractivity contribution >= 4 is 33.0 Å². The molecule has 0 spiro atoms. The lowest BCUT2D eigenvalue weighted by Gasteiger charge is -1.90. The second-order valence-corrected chi connectivity index (χ2v) is 3.45. The van der Waals surface area contributed by atoms with Crippen molar-refractivity contribution < 1.29 is 4.11 Å². The summed E-state index contributed by atoms with van der Waals surface area (Å²) in [6.07, 6.45) is 1.51. The Kier molecular flexibility index (Phi) is 0.994. The van der Waals surface area contributed by atoms with Crippen LogP contribution in [0.1, 0.15) is 9.68 Å². The van der Waals surface area contributed by atoms with E-state index in [0.29, 0.717) is 16.1 Å². The minimum Gasteiger partial charge on any atom is -0.244 e. The van der Waals surface area contributed by atoms with Crippen LogP contribution >= 0.6 is 22.9 Å². The molecule has 0 amide bonds. The van der Waals surface area contributed by atoms with Crippen LogP contribution in [-0.4, -0.2) is 4.98 Å². The van der Waals surface area contributed by atoms with Gasteiger partial charge in [0, 0.05) is 20.4 Å². The summed E-state index contributed by atoms with van der Waals surface area (Å²) >= 11 is 7.07. The Morgan fingerprint density at radius 3 is 3.45 bits per heavy atom. The van der Waals surface area contributed by atoms with E-state index in [1.165, 1.54) is 17.5 Å². The molecule has 0 aliphatic rings. The molecule has 0 aliphatic carbocycles. The molecule has 0 aromatic carbocycles. The second kappa shape index (κ2) is 2.47. The van der Waals surface area contributed by atoms with E-state index in [1.54, 1.807) is 11.4 Å². The molecule has 2 heterocycles. The Labute approximate surface area is 77.9 Å². The molecule has 1 nitrogen and oxygen atoms in total.